The van der Waals surface area contributed by atoms with E-state index in [0.717, 1.165) is 10.1 Å². The fourth-order valence-corrected chi connectivity index (χ4v) is 1.46. The molecule has 0 bridgehead atoms. The van der Waals surface area contributed by atoms with Crippen LogP contribution in [-0.2, 0) is 6.54 Å². The molecule has 0 aliphatic carbocycles. The Morgan fingerprint density at radius 3 is 3.00 bits per heavy atom. The Balaban J connectivity index is 2.35. The highest BCUT2D eigenvalue weighted by Gasteiger charge is 2.03. The maximum Gasteiger partial charge on any atom is 0.232 e. The van der Waals surface area contributed by atoms with Gasteiger partial charge in [0.25, 0.3) is 0 Å². The molecule has 2 heterocycles. The van der Waals surface area contributed by atoms with E-state index in [1.807, 2.05) is 12.3 Å². The van der Waals surface area contributed by atoms with Gasteiger partial charge in [-0.1, -0.05) is 11.3 Å². The monoisotopic (exact) mass is 181 g/mol. The zero-order chi connectivity index (χ0) is 8.39. The second kappa shape index (κ2) is 3.00. The molecule has 5 nitrogen and oxygen atoms in total. The van der Waals surface area contributed by atoms with Crippen molar-refractivity contribution in [3.63, 3.8) is 0 Å². The average Bonchev–Trinajstić information content (AvgIpc) is 2.75. The molecule has 2 N–H and O–H groups in total. The van der Waals surface area contributed by atoms with Crippen LogP contribution in [0.25, 0.3) is 5.13 Å². The van der Waals surface area contributed by atoms with Gasteiger partial charge in [-0.2, -0.15) is 5.10 Å². The van der Waals surface area contributed by atoms with Crippen molar-refractivity contribution in [3.8, 4) is 5.13 Å². The van der Waals surface area contributed by atoms with Crippen molar-refractivity contribution in [1.29, 1.82) is 0 Å². The standard InChI is InChI=1S/C6H7N5S/c7-4-5-9-10-6(12-5)11-3-1-2-8-11/h1-3H,4,7H2. The quantitative estimate of drug-likeness (QED) is 0.717. The molecule has 0 unspecified atom stereocenters. The fraction of sp³-hybridized carbons (Fsp3) is 0.167. The summed E-state index contributed by atoms with van der Waals surface area (Å²) >= 11 is 1.44. The van der Waals surface area contributed by atoms with Crippen LogP contribution in [0.15, 0.2) is 18.5 Å². The lowest BCUT2D eigenvalue weighted by molar-refractivity contribution is 0.838. The average molecular weight is 181 g/mol. The van der Waals surface area contributed by atoms with Crippen molar-refractivity contribution in [2.45, 2.75) is 6.54 Å². The van der Waals surface area contributed by atoms with E-state index in [0.29, 0.717) is 6.54 Å². The highest BCUT2D eigenvalue weighted by molar-refractivity contribution is 7.13. The Morgan fingerprint density at radius 2 is 2.42 bits per heavy atom. The number of nitrogens with two attached hydrogens (primary N) is 1. The molecule has 0 aromatic carbocycles. The Bertz CT molecular complexity index is 352. The normalized spacial score (nSPS) is 10.4. The number of hydrogen-bond donors (Lipinski definition) is 1. The van der Waals surface area contributed by atoms with E-state index in [1.165, 1.54) is 11.3 Å². The van der Waals surface area contributed by atoms with Crippen molar-refractivity contribution in [2.75, 3.05) is 0 Å². The first-order chi connectivity index (χ1) is 5.90. The first kappa shape index (κ1) is 7.38. The van der Waals surface area contributed by atoms with Crippen molar-refractivity contribution >= 4 is 11.3 Å². The lowest BCUT2D eigenvalue weighted by Gasteiger charge is -1.89. The first-order valence-electron chi connectivity index (χ1n) is 3.42. The van der Waals surface area contributed by atoms with Crippen molar-refractivity contribution in [3.05, 3.63) is 23.5 Å². The van der Waals surface area contributed by atoms with Gasteiger partial charge in [-0.3, -0.25) is 0 Å². The van der Waals surface area contributed by atoms with Crippen LogP contribution in [0, 0.1) is 0 Å². The number of hydrogen-bond acceptors (Lipinski definition) is 5. The number of aromatic nitrogens is 4. The van der Waals surface area contributed by atoms with Crippen LogP contribution in [0.2, 0.25) is 0 Å². The predicted octanol–water partition coefficient (Wildman–Crippen LogP) is 0.182. The minimum absolute atomic E-state index is 0.429. The van der Waals surface area contributed by atoms with Gasteiger partial charge in [-0.15, -0.1) is 10.2 Å². The highest BCUT2D eigenvalue weighted by Crippen LogP contribution is 2.12. The lowest BCUT2D eigenvalue weighted by atomic mass is 10.7. The molecular weight excluding hydrogens is 174 g/mol. The summed E-state index contributed by atoms with van der Waals surface area (Å²) in [6.45, 7) is 0.429. The summed E-state index contributed by atoms with van der Waals surface area (Å²) in [6, 6.07) is 1.84. The van der Waals surface area contributed by atoms with Gasteiger partial charge < -0.3 is 5.73 Å². The second-order valence-electron chi connectivity index (χ2n) is 2.13. The summed E-state index contributed by atoms with van der Waals surface area (Å²) in [7, 11) is 0. The molecule has 0 aliphatic rings. The Labute approximate surface area is 72.8 Å². The molecule has 6 heteroatoms. The molecule has 62 valence electrons. The Kier molecular flexibility index (Phi) is 1.84. The molecule has 2 aromatic rings. The van der Waals surface area contributed by atoms with E-state index < -0.39 is 0 Å². The SMILES string of the molecule is NCc1nnc(-n2cccn2)s1. The van der Waals surface area contributed by atoms with Gasteiger partial charge in [-0.05, 0) is 6.07 Å². The molecule has 0 saturated carbocycles. The van der Waals surface area contributed by atoms with Crippen LogP contribution in [0.5, 0.6) is 0 Å². The highest BCUT2D eigenvalue weighted by atomic mass is 32.1. The second-order valence-corrected chi connectivity index (χ2v) is 3.17. The molecule has 0 atom stereocenters. The van der Waals surface area contributed by atoms with Gasteiger partial charge in [0.2, 0.25) is 5.13 Å². The third kappa shape index (κ3) is 1.21. The number of nitrogens with zero attached hydrogens (tertiary/aromatic N) is 4. The lowest BCUT2D eigenvalue weighted by Crippen LogP contribution is -1.94. The fourth-order valence-electron chi connectivity index (χ4n) is 0.802. The van der Waals surface area contributed by atoms with Crippen LogP contribution in [0.3, 0.4) is 0 Å². The minimum Gasteiger partial charge on any atom is -0.324 e. The van der Waals surface area contributed by atoms with Gasteiger partial charge >= 0.3 is 0 Å². The van der Waals surface area contributed by atoms with Gasteiger partial charge in [-0.25, -0.2) is 4.68 Å². The summed E-state index contributed by atoms with van der Waals surface area (Å²) in [5.41, 5.74) is 5.39. The summed E-state index contributed by atoms with van der Waals surface area (Å²) in [5, 5.41) is 13.4. The van der Waals surface area contributed by atoms with Gasteiger partial charge in [0, 0.05) is 18.9 Å². The smallest absolute Gasteiger partial charge is 0.232 e. The molecule has 12 heavy (non-hydrogen) atoms. The van der Waals surface area contributed by atoms with Crippen LogP contribution in [0.1, 0.15) is 5.01 Å². The van der Waals surface area contributed by atoms with E-state index in [2.05, 4.69) is 15.3 Å². The molecule has 0 aliphatic heterocycles. The number of rotatable bonds is 2. The first-order valence-corrected chi connectivity index (χ1v) is 4.24. The maximum atomic E-state index is 5.39. The summed E-state index contributed by atoms with van der Waals surface area (Å²) in [5.74, 6) is 0. The predicted molar refractivity (Wildman–Crippen MR) is 44.9 cm³/mol. The van der Waals surface area contributed by atoms with E-state index in [-0.39, 0.29) is 0 Å². The Morgan fingerprint density at radius 1 is 1.50 bits per heavy atom. The molecule has 0 amide bonds. The van der Waals surface area contributed by atoms with Crippen LogP contribution < -0.4 is 5.73 Å². The van der Waals surface area contributed by atoms with Gasteiger partial charge in [0.1, 0.15) is 5.01 Å². The van der Waals surface area contributed by atoms with Gasteiger partial charge in [0.15, 0.2) is 0 Å². The largest absolute Gasteiger partial charge is 0.324 e. The summed E-state index contributed by atoms with van der Waals surface area (Å²) in [4.78, 5) is 0. The third-order valence-electron chi connectivity index (χ3n) is 1.33. The molecule has 0 spiro atoms. The maximum absolute atomic E-state index is 5.39. The molecule has 2 aromatic heterocycles. The van der Waals surface area contributed by atoms with Crippen molar-refractivity contribution < 1.29 is 0 Å². The minimum atomic E-state index is 0.429. The van der Waals surface area contributed by atoms with Gasteiger partial charge in [0.05, 0.1) is 0 Å². The summed E-state index contributed by atoms with van der Waals surface area (Å²) < 4.78 is 1.66. The molecule has 0 fully saturated rings. The molecule has 0 radical (unpaired) electrons. The van der Waals surface area contributed by atoms with E-state index in [1.54, 1.807) is 10.9 Å². The zero-order valence-electron chi connectivity index (χ0n) is 6.21. The molecule has 0 saturated heterocycles. The van der Waals surface area contributed by atoms with Crippen LogP contribution in [0.4, 0.5) is 0 Å². The topological polar surface area (TPSA) is 69.6 Å². The zero-order valence-corrected chi connectivity index (χ0v) is 7.03. The van der Waals surface area contributed by atoms with E-state index in [9.17, 15) is 0 Å². The summed E-state index contributed by atoms with van der Waals surface area (Å²) in [6.07, 6.45) is 3.52. The molecular formula is C6H7N5S. The van der Waals surface area contributed by atoms with E-state index >= 15 is 0 Å². The molecule has 2 rings (SSSR count). The van der Waals surface area contributed by atoms with Crippen LogP contribution in [-0.4, -0.2) is 20.0 Å². The van der Waals surface area contributed by atoms with Crippen molar-refractivity contribution in [1.82, 2.24) is 20.0 Å². The Hall–Kier alpha value is -1.27. The van der Waals surface area contributed by atoms with Crippen molar-refractivity contribution in [2.24, 2.45) is 5.73 Å². The third-order valence-corrected chi connectivity index (χ3v) is 2.27. The van der Waals surface area contributed by atoms with E-state index in [4.69, 9.17) is 5.73 Å². The van der Waals surface area contributed by atoms with Crippen LogP contribution >= 0.6 is 11.3 Å².